The van der Waals surface area contributed by atoms with Crippen LogP contribution in [0.2, 0.25) is 0 Å². The van der Waals surface area contributed by atoms with Gasteiger partial charge in [0.15, 0.2) is 0 Å². The molecular weight excluding hydrogens is 542 g/mol. The molecule has 0 unspecified atom stereocenters. The van der Waals surface area contributed by atoms with E-state index in [9.17, 15) is 18.3 Å². The fourth-order valence-electron chi connectivity index (χ4n) is 4.94. The molecule has 3 aromatic rings. The first kappa shape index (κ1) is 30.4. The molecule has 1 heterocycles. The van der Waals surface area contributed by atoms with E-state index < -0.39 is 10.0 Å². The second-order valence-corrected chi connectivity index (χ2v) is 12.4. The molecule has 0 saturated heterocycles. The number of benzene rings is 3. The summed E-state index contributed by atoms with van der Waals surface area (Å²) in [5.74, 6) is 1.13. The molecule has 0 aliphatic carbocycles. The van der Waals surface area contributed by atoms with Gasteiger partial charge in [-0.15, -0.1) is 0 Å². The minimum atomic E-state index is -3.81. The van der Waals surface area contributed by atoms with Crippen LogP contribution in [0.1, 0.15) is 25.0 Å². The number of methoxy groups -OCH3 is 1. The Morgan fingerprint density at radius 2 is 1.83 bits per heavy atom. The maximum absolute atomic E-state index is 13.5. The third-order valence-electron chi connectivity index (χ3n) is 7.33. The predicted molar refractivity (Wildman–Crippen MR) is 159 cm³/mol. The number of nitrogens with one attached hydrogen (secondary N) is 1. The Balaban J connectivity index is 1.61. The van der Waals surface area contributed by atoms with E-state index in [1.165, 1.54) is 12.1 Å². The number of aliphatic hydroxyl groups is 1. The van der Waals surface area contributed by atoms with Crippen molar-refractivity contribution in [1.82, 2.24) is 9.80 Å². The van der Waals surface area contributed by atoms with Crippen LogP contribution in [0.4, 0.5) is 5.69 Å². The summed E-state index contributed by atoms with van der Waals surface area (Å²) in [5, 5.41) is 9.89. The lowest BCUT2D eigenvalue weighted by Crippen LogP contribution is -2.47. The molecule has 1 aliphatic rings. The second kappa shape index (κ2) is 13.4. The molecule has 3 aromatic carbocycles. The van der Waals surface area contributed by atoms with Crippen molar-refractivity contribution in [2.45, 2.75) is 43.9 Å². The predicted octanol–water partition coefficient (Wildman–Crippen LogP) is 3.78. The summed E-state index contributed by atoms with van der Waals surface area (Å²) < 4.78 is 40.3. The molecule has 3 atom stereocenters. The SMILES string of the molecule is COc1ccc(CN(C)C[C@H]2Oc3ccc(NS(=O)(=O)c4ccccc4)cc3CC(=O)N([C@H](C)CO)C[C@H]2C)cc1. The highest BCUT2D eigenvalue weighted by molar-refractivity contribution is 7.92. The second-order valence-electron chi connectivity index (χ2n) is 10.7. The molecule has 0 aromatic heterocycles. The van der Waals surface area contributed by atoms with Crippen LogP contribution in [0.15, 0.2) is 77.7 Å². The fourth-order valence-corrected chi connectivity index (χ4v) is 6.01. The summed E-state index contributed by atoms with van der Waals surface area (Å²) in [7, 11) is -0.145. The molecule has 2 N–H and O–H groups in total. The van der Waals surface area contributed by atoms with Gasteiger partial charge < -0.3 is 19.5 Å². The van der Waals surface area contributed by atoms with E-state index in [2.05, 4.69) is 9.62 Å². The summed E-state index contributed by atoms with van der Waals surface area (Å²) in [6.07, 6.45) is -0.259. The van der Waals surface area contributed by atoms with Crippen LogP contribution in [0.5, 0.6) is 11.5 Å². The number of likely N-dealkylation sites (N-methyl/N-ethyl adjacent to an activating group) is 1. The summed E-state index contributed by atoms with van der Waals surface area (Å²) in [6.45, 7) is 5.40. The summed E-state index contributed by atoms with van der Waals surface area (Å²) >= 11 is 0. The number of anilines is 1. The zero-order valence-electron chi connectivity index (χ0n) is 24.0. The Morgan fingerprint density at radius 3 is 2.49 bits per heavy atom. The number of carbonyl (C=O) groups is 1. The number of hydrogen-bond donors (Lipinski definition) is 2. The molecule has 9 nitrogen and oxygen atoms in total. The van der Waals surface area contributed by atoms with Crippen molar-refractivity contribution in [2.75, 3.05) is 38.6 Å². The molecule has 0 radical (unpaired) electrons. The first-order valence-electron chi connectivity index (χ1n) is 13.7. The number of amides is 1. The average Bonchev–Trinajstić information content (AvgIpc) is 3.00. The Labute approximate surface area is 242 Å². The molecule has 0 saturated carbocycles. The molecule has 1 aliphatic heterocycles. The third-order valence-corrected chi connectivity index (χ3v) is 8.72. The number of fused-ring (bicyclic) bond motifs is 1. The van der Waals surface area contributed by atoms with Crippen LogP contribution in [-0.4, -0.2) is 75.2 Å². The van der Waals surface area contributed by atoms with Crippen molar-refractivity contribution < 1.29 is 27.8 Å². The zero-order valence-corrected chi connectivity index (χ0v) is 24.8. The van der Waals surface area contributed by atoms with Gasteiger partial charge >= 0.3 is 0 Å². The largest absolute Gasteiger partial charge is 0.497 e. The van der Waals surface area contributed by atoms with Gasteiger partial charge in [0.25, 0.3) is 10.0 Å². The first-order chi connectivity index (χ1) is 19.6. The van der Waals surface area contributed by atoms with Crippen molar-refractivity contribution >= 4 is 21.6 Å². The minimum absolute atomic E-state index is 0.0156. The normalized spacial score (nSPS) is 18.5. The standard InChI is InChI=1S/C31H39N3O6S/c1-22-18-34(23(2)21-35)31(36)17-25-16-26(32-41(37,38)28-8-6-5-7-9-28)12-15-29(25)40-30(22)20-33(3)19-24-10-13-27(39-4)14-11-24/h5-16,22-23,30,32,35H,17-21H2,1-4H3/t22-,23-,30-/m1/s1. The molecule has 10 heteroatoms. The lowest BCUT2D eigenvalue weighted by molar-refractivity contribution is -0.134. The first-order valence-corrected chi connectivity index (χ1v) is 15.2. The smallest absolute Gasteiger partial charge is 0.261 e. The van der Waals surface area contributed by atoms with Crippen molar-refractivity contribution in [3.8, 4) is 11.5 Å². The van der Waals surface area contributed by atoms with Gasteiger partial charge in [-0.2, -0.15) is 0 Å². The Bertz CT molecular complexity index is 1420. The van der Waals surface area contributed by atoms with Gasteiger partial charge in [0.05, 0.1) is 31.1 Å². The molecule has 4 rings (SSSR count). The molecule has 0 spiro atoms. The Hall–Kier alpha value is -3.60. The summed E-state index contributed by atoms with van der Waals surface area (Å²) in [4.78, 5) is 17.5. The van der Waals surface area contributed by atoms with Crippen molar-refractivity contribution in [3.63, 3.8) is 0 Å². The number of rotatable bonds is 10. The Morgan fingerprint density at radius 1 is 1.12 bits per heavy atom. The highest BCUT2D eigenvalue weighted by Gasteiger charge is 2.31. The maximum Gasteiger partial charge on any atom is 0.261 e. The lowest BCUT2D eigenvalue weighted by Gasteiger charge is -2.34. The van der Waals surface area contributed by atoms with E-state index >= 15 is 0 Å². The number of hydrogen-bond acceptors (Lipinski definition) is 7. The van der Waals surface area contributed by atoms with Crippen LogP contribution in [-0.2, 0) is 27.8 Å². The third kappa shape index (κ3) is 7.78. The number of nitrogens with zero attached hydrogens (tertiary/aromatic N) is 2. The van der Waals surface area contributed by atoms with Gasteiger partial charge in [0.1, 0.15) is 17.6 Å². The van der Waals surface area contributed by atoms with Crippen molar-refractivity contribution in [1.29, 1.82) is 0 Å². The van der Waals surface area contributed by atoms with E-state index in [0.717, 1.165) is 11.3 Å². The van der Waals surface area contributed by atoms with Gasteiger partial charge in [0, 0.05) is 36.8 Å². The van der Waals surface area contributed by atoms with Gasteiger partial charge in [-0.3, -0.25) is 14.4 Å². The van der Waals surface area contributed by atoms with Crippen molar-refractivity contribution in [3.05, 3.63) is 83.9 Å². The van der Waals surface area contributed by atoms with Gasteiger partial charge in [-0.05, 0) is 62.0 Å². The topological polar surface area (TPSA) is 108 Å². The quantitative estimate of drug-likeness (QED) is 0.375. The zero-order chi connectivity index (χ0) is 29.6. The van der Waals surface area contributed by atoms with Crippen LogP contribution < -0.4 is 14.2 Å². The van der Waals surface area contributed by atoms with Gasteiger partial charge in [-0.1, -0.05) is 37.3 Å². The van der Waals surface area contributed by atoms with Crippen LogP contribution in [0.3, 0.4) is 0 Å². The lowest BCUT2D eigenvalue weighted by atomic mass is 10.0. The number of carbonyl (C=O) groups excluding carboxylic acids is 1. The summed E-state index contributed by atoms with van der Waals surface area (Å²) in [6, 6.07) is 20.7. The minimum Gasteiger partial charge on any atom is -0.497 e. The fraction of sp³-hybridized carbons (Fsp3) is 0.387. The monoisotopic (exact) mass is 581 g/mol. The molecular formula is C31H39N3O6S. The van der Waals surface area contributed by atoms with E-state index in [4.69, 9.17) is 9.47 Å². The molecule has 0 fully saturated rings. The van der Waals surface area contributed by atoms with Crippen molar-refractivity contribution in [2.24, 2.45) is 5.92 Å². The maximum atomic E-state index is 13.5. The van der Waals surface area contributed by atoms with Crippen LogP contribution in [0, 0.1) is 5.92 Å². The molecule has 1 amide bonds. The molecule has 0 bridgehead atoms. The van der Waals surface area contributed by atoms with Gasteiger partial charge in [0.2, 0.25) is 5.91 Å². The number of aliphatic hydroxyl groups excluding tert-OH is 1. The average molecular weight is 582 g/mol. The number of ether oxygens (including phenoxy) is 2. The van der Waals surface area contributed by atoms with E-state index in [-0.39, 0.29) is 41.9 Å². The van der Waals surface area contributed by atoms with Crippen LogP contribution in [0.25, 0.3) is 0 Å². The van der Waals surface area contributed by atoms with Crippen LogP contribution >= 0.6 is 0 Å². The van der Waals surface area contributed by atoms with E-state index in [1.807, 2.05) is 45.2 Å². The summed E-state index contributed by atoms with van der Waals surface area (Å²) in [5.41, 5.74) is 2.05. The number of sulfonamides is 1. The van der Waals surface area contributed by atoms with E-state index in [0.29, 0.717) is 36.6 Å². The highest BCUT2D eigenvalue weighted by atomic mass is 32.2. The molecule has 41 heavy (non-hydrogen) atoms. The highest BCUT2D eigenvalue weighted by Crippen LogP contribution is 2.30. The van der Waals surface area contributed by atoms with Gasteiger partial charge in [-0.25, -0.2) is 8.42 Å². The molecule has 220 valence electrons. The Kier molecular flexibility index (Phi) is 9.90. The van der Waals surface area contributed by atoms with E-state index in [1.54, 1.807) is 48.4 Å².